The fourth-order valence-electron chi connectivity index (χ4n) is 3.07. The molecule has 1 aromatic heterocycles. The van der Waals surface area contributed by atoms with Crippen LogP contribution in [0.2, 0.25) is 5.02 Å². The third-order valence-corrected chi connectivity index (χ3v) is 4.92. The van der Waals surface area contributed by atoms with Gasteiger partial charge in [0.2, 0.25) is 0 Å². The van der Waals surface area contributed by atoms with Gasteiger partial charge >= 0.3 is 6.01 Å². The van der Waals surface area contributed by atoms with E-state index in [1.54, 1.807) is 0 Å². The molecule has 0 aliphatic carbocycles. The van der Waals surface area contributed by atoms with Gasteiger partial charge in [0.25, 0.3) is 0 Å². The van der Waals surface area contributed by atoms with Crippen LogP contribution in [0.5, 0.6) is 17.5 Å². The van der Waals surface area contributed by atoms with Crippen molar-refractivity contribution in [2.45, 2.75) is 20.0 Å². The molecule has 0 bridgehead atoms. The molecular formula is C23H23Cl2N5O2. The maximum Gasteiger partial charge on any atom is 0.346 e. The Kier molecular flexibility index (Phi) is 8.44. The average molecular weight is 472 g/mol. The summed E-state index contributed by atoms with van der Waals surface area (Å²) in [5.41, 5.74) is 2.92. The molecular weight excluding hydrogens is 449 g/mol. The Labute approximate surface area is 197 Å². The van der Waals surface area contributed by atoms with Crippen LogP contribution in [0.1, 0.15) is 18.1 Å². The monoisotopic (exact) mass is 471 g/mol. The van der Waals surface area contributed by atoms with Crippen molar-refractivity contribution in [3.05, 3.63) is 88.9 Å². The number of rotatable bonds is 9. The van der Waals surface area contributed by atoms with Crippen molar-refractivity contribution < 1.29 is 9.47 Å². The van der Waals surface area contributed by atoms with Gasteiger partial charge in [-0.25, -0.2) is 0 Å². The smallest absolute Gasteiger partial charge is 0.346 e. The number of para-hydroxylation sites is 1. The van der Waals surface area contributed by atoms with Crippen molar-refractivity contribution >= 4 is 24.0 Å². The summed E-state index contributed by atoms with van der Waals surface area (Å²) in [7, 11) is 0. The highest BCUT2D eigenvalue weighted by atomic mass is 35.5. The van der Waals surface area contributed by atoms with Gasteiger partial charge in [0.1, 0.15) is 0 Å². The summed E-state index contributed by atoms with van der Waals surface area (Å²) >= 11 is 6.22. The van der Waals surface area contributed by atoms with Crippen molar-refractivity contribution in [1.82, 2.24) is 25.5 Å². The number of benzene rings is 3. The quantitative estimate of drug-likeness (QED) is 0.360. The van der Waals surface area contributed by atoms with Crippen LogP contribution in [0.25, 0.3) is 5.69 Å². The molecule has 0 spiro atoms. The van der Waals surface area contributed by atoms with Crippen LogP contribution in [-0.2, 0) is 13.1 Å². The number of tetrazole rings is 1. The molecule has 0 atom stereocenters. The SMILES string of the molecule is CCOc1cc(CNCc2ccccc2Cl)ccc1Oc1nnnn1-c1ccccc1.Cl. The lowest BCUT2D eigenvalue weighted by molar-refractivity contribution is 0.315. The zero-order valence-electron chi connectivity index (χ0n) is 17.4. The van der Waals surface area contributed by atoms with Gasteiger partial charge < -0.3 is 14.8 Å². The minimum atomic E-state index is 0. The highest BCUT2D eigenvalue weighted by Crippen LogP contribution is 2.32. The molecule has 0 fully saturated rings. The van der Waals surface area contributed by atoms with E-state index in [-0.39, 0.29) is 18.4 Å². The highest BCUT2D eigenvalue weighted by molar-refractivity contribution is 6.31. The Morgan fingerprint density at radius 3 is 2.50 bits per heavy atom. The second-order valence-electron chi connectivity index (χ2n) is 6.72. The normalized spacial score (nSPS) is 10.4. The summed E-state index contributed by atoms with van der Waals surface area (Å²) in [6, 6.07) is 23.4. The molecule has 7 nitrogen and oxygen atoms in total. The molecule has 4 aromatic rings. The molecule has 0 saturated heterocycles. The molecule has 0 aliphatic rings. The summed E-state index contributed by atoms with van der Waals surface area (Å²) in [6.45, 7) is 3.78. The van der Waals surface area contributed by atoms with Gasteiger partial charge in [0, 0.05) is 18.1 Å². The predicted octanol–water partition coefficient (Wildman–Crippen LogP) is 5.22. The van der Waals surface area contributed by atoms with Crippen LogP contribution in [0.4, 0.5) is 0 Å². The molecule has 0 unspecified atom stereocenters. The Morgan fingerprint density at radius 1 is 0.938 bits per heavy atom. The molecule has 1 heterocycles. The number of ether oxygens (including phenoxy) is 2. The fraction of sp³-hybridized carbons (Fsp3) is 0.174. The lowest BCUT2D eigenvalue weighted by Gasteiger charge is -2.13. The number of halogens is 2. The molecule has 166 valence electrons. The molecule has 9 heteroatoms. The van der Waals surface area contributed by atoms with Crippen LogP contribution in [-0.4, -0.2) is 26.8 Å². The van der Waals surface area contributed by atoms with Crippen molar-refractivity contribution in [2.75, 3.05) is 6.61 Å². The highest BCUT2D eigenvalue weighted by Gasteiger charge is 2.14. The summed E-state index contributed by atoms with van der Waals surface area (Å²) in [4.78, 5) is 0. The Bertz CT molecular complexity index is 1140. The van der Waals surface area contributed by atoms with E-state index in [1.165, 1.54) is 4.68 Å². The first-order valence-electron chi connectivity index (χ1n) is 9.96. The van der Waals surface area contributed by atoms with Crippen molar-refractivity contribution in [3.63, 3.8) is 0 Å². The van der Waals surface area contributed by atoms with Gasteiger partial charge in [-0.15, -0.1) is 12.4 Å². The summed E-state index contributed by atoms with van der Waals surface area (Å²) in [5, 5.41) is 15.9. The van der Waals surface area contributed by atoms with E-state index in [9.17, 15) is 0 Å². The van der Waals surface area contributed by atoms with Gasteiger partial charge in [-0.1, -0.05) is 59.2 Å². The zero-order valence-corrected chi connectivity index (χ0v) is 19.0. The van der Waals surface area contributed by atoms with E-state index in [0.29, 0.717) is 31.2 Å². The Hall–Kier alpha value is -3.13. The lowest BCUT2D eigenvalue weighted by Crippen LogP contribution is -2.13. The second kappa shape index (κ2) is 11.5. The van der Waals surface area contributed by atoms with Gasteiger partial charge in [-0.3, -0.25) is 0 Å². The number of hydrogen-bond donors (Lipinski definition) is 1. The maximum atomic E-state index is 6.22. The number of nitrogens with zero attached hydrogens (tertiary/aromatic N) is 4. The molecule has 3 aromatic carbocycles. The number of hydrogen-bond acceptors (Lipinski definition) is 6. The lowest BCUT2D eigenvalue weighted by atomic mass is 10.2. The number of aromatic nitrogens is 4. The van der Waals surface area contributed by atoms with E-state index in [1.807, 2.05) is 79.7 Å². The van der Waals surface area contributed by atoms with Gasteiger partial charge in [-0.2, -0.15) is 4.68 Å². The maximum absolute atomic E-state index is 6.22. The molecule has 0 aliphatic heterocycles. The molecule has 0 radical (unpaired) electrons. The molecule has 4 rings (SSSR count). The van der Waals surface area contributed by atoms with Crippen LogP contribution in [0.15, 0.2) is 72.8 Å². The van der Waals surface area contributed by atoms with Gasteiger partial charge in [0.05, 0.1) is 12.3 Å². The van der Waals surface area contributed by atoms with Crippen LogP contribution in [0.3, 0.4) is 0 Å². The first-order valence-corrected chi connectivity index (χ1v) is 10.3. The minimum absolute atomic E-state index is 0. The predicted molar refractivity (Wildman–Crippen MR) is 126 cm³/mol. The molecule has 32 heavy (non-hydrogen) atoms. The van der Waals surface area contributed by atoms with Gasteiger partial charge in [-0.05, 0) is 58.8 Å². The van der Waals surface area contributed by atoms with E-state index in [2.05, 4.69) is 20.8 Å². The minimum Gasteiger partial charge on any atom is -0.490 e. The van der Waals surface area contributed by atoms with Crippen LogP contribution < -0.4 is 14.8 Å². The third kappa shape index (κ3) is 5.76. The van der Waals surface area contributed by atoms with E-state index >= 15 is 0 Å². The largest absolute Gasteiger partial charge is 0.490 e. The second-order valence-corrected chi connectivity index (χ2v) is 7.13. The van der Waals surface area contributed by atoms with Gasteiger partial charge in [0.15, 0.2) is 11.5 Å². The fourth-order valence-corrected chi connectivity index (χ4v) is 3.27. The summed E-state index contributed by atoms with van der Waals surface area (Å²) < 4.78 is 13.3. The van der Waals surface area contributed by atoms with E-state index in [0.717, 1.165) is 21.8 Å². The molecule has 1 N–H and O–H groups in total. The van der Waals surface area contributed by atoms with Crippen molar-refractivity contribution in [1.29, 1.82) is 0 Å². The first-order chi connectivity index (χ1) is 15.2. The summed E-state index contributed by atoms with van der Waals surface area (Å²) in [6.07, 6.45) is 0. The van der Waals surface area contributed by atoms with Crippen molar-refractivity contribution in [2.24, 2.45) is 0 Å². The van der Waals surface area contributed by atoms with Crippen LogP contribution >= 0.6 is 24.0 Å². The van der Waals surface area contributed by atoms with Crippen molar-refractivity contribution in [3.8, 4) is 23.2 Å². The Morgan fingerprint density at radius 2 is 1.72 bits per heavy atom. The Balaban J connectivity index is 0.00000289. The van der Waals surface area contributed by atoms with E-state index < -0.39 is 0 Å². The first kappa shape index (κ1) is 23.5. The van der Waals surface area contributed by atoms with Crippen LogP contribution in [0, 0.1) is 0 Å². The molecule has 0 saturated carbocycles. The zero-order chi connectivity index (χ0) is 21.5. The summed E-state index contributed by atoms with van der Waals surface area (Å²) in [5.74, 6) is 1.17. The third-order valence-electron chi connectivity index (χ3n) is 4.55. The average Bonchev–Trinajstić information content (AvgIpc) is 3.26. The molecule has 0 amide bonds. The number of nitrogens with one attached hydrogen (secondary N) is 1. The standard InChI is InChI=1S/C23H22ClN5O2.ClH/c1-2-30-22-14-17(15-25-16-18-8-6-7-11-20(18)24)12-13-21(22)31-23-26-27-28-29(23)19-9-4-3-5-10-19;/h3-14,25H,2,15-16H2,1H3;1H. The van der Waals surface area contributed by atoms with E-state index in [4.69, 9.17) is 21.1 Å². The topological polar surface area (TPSA) is 74.1 Å².